The number of rotatable bonds is 9. The Morgan fingerprint density at radius 2 is 1.74 bits per heavy atom. The van der Waals surface area contributed by atoms with E-state index in [1.54, 1.807) is 24.3 Å². The zero-order valence-corrected chi connectivity index (χ0v) is 20.9. The summed E-state index contributed by atoms with van der Waals surface area (Å²) >= 11 is 12.5. The monoisotopic (exact) mass is 507 g/mol. The van der Waals surface area contributed by atoms with Crippen LogP contribution in [0.1, 0.15) is 37.4 Å². The molecule has 1 amide bonds. The van der Waals surface area contributed by atoms with Crippen LogP contribution in [0.4, 0.5) is 0 Å². The lowest BCUT2D eigenvalue weighted by Gasteiger charge is -2.26. The summed E-state index contributed by atoms with van der Waals surface area (Å²) in [6.07, 6.45) is 0.557. The molecule has 1 heterocycles. The molecule has 0 saturated carbocycles. The summed E-state index contributed by atoms with van der Waals surface area (Å²) < 4.78 is 16.3. The minimum atomic E-state index is -0.866. The molecular formula is C25H27Cl2NO6. The molecule has 182 valence electrons. The van der Waals surface area contributed by atoms with E-state index in [2.05, 4.69) is 0 Å². The first-order valence-corrected chi connectivity index (χ1v) is 11.5. The third-order valence-electron chi connectivity index (χ3n) is 5.44. The van der Waals surface area contributed by atoms with E-state index in [4.69, 9.17) is 37.4 Å². The van der Waals surface area contributed by atoms with E-state index in [0.717, 1.165) is 0 Å². The number of ketones is 1. The van der Waals surface area contributed by atoms with Crippen molar-refractivity contribution in [2.45, 2.75) is 32.4 Å². The predicted octanol–water partition coefficient (Wildman–Crippen LogP) is 5.25. The number of benzene rings is 2. The predicted molar refractivity (Wildman–Crippen MR) is 131 cm³/mol. The first kappa shape index (κ1) is 25.9. The fraction of sp³-hybridized carbons (Fsp3) is 0.360. The molecular weight excluding hydrogens is 481 g/mol. The first-order valence-electron chi connectivity index (χ1n) is 10.8. The van der Waals surface area contributed by atoms with Crippen LogP contribution in [-0.4, -0.2) is 55.2 Å². The Balaban J connectivity index is 2.13. The van der Waals surface area contributed by atoms with Crippen molar-refractivity contribution in [1.29, 1.82) is 0 Å². The summed E-state index contributed by atoms with van der Waals surface area (Å²) in [5, 5.41) is 11.6. The number of carbonyl (C=O) groups is 2. The fourth-order valence-corrected chi connectivity index (χ4v) is 4.57. The maximum Gasteiger partial charge on any atom is 0.295 e. The molecule has 1 aliphatic rings. The van der Waals surface area contributed by atoms with Gasteiger partial charge in [0.1, 0.15) is 11.5 Å². The molecule has 0 radical (unpaired) electrons. The molecule has 3 rings (SSSR count). The number of ether oxygens (including phenoxy) is 3. The van der Waals surface area contributed by atoms with Crippen LogP contribution in [0.5, 0.6) is 11.5 Å². The van der Waals surface area contributed by atoms with E-state index in [-0.39, 0.29) is 45.3 Å². The van der Waals surface area contributed by atoms with E-state index in [1.165, 1.54) is 31.3 Å². The quantitative estimate of drug-likeness (QED) is 0.216. The summed E-state index contributed by atoms with van der Waals surface area (Å²) in [5.74, 6) is -1.18. The Morgan fingerprint density at radius 1 is 1.09 bits per heavy atom. The normalized spacial score (nSPS) is 17.5. The van der Waals surface area contributed by atoms with Gasteiger partial charge in [0.15, 0.2) is 5.75 Å². The number of para-hydroxylation sites is 1. The molecule has 7 nitrogen and oxygen atoms in total. The molecule has 1 saturated heterocycles. The van der Waals surface area contributed by atoms with Crippen LogP contribution in [0.25, 0.3) is 5.76 Å². The lowest BCUT2D eigenvalue weighted by atomic mass is 9.94. The Kier molecular flexibility index (Phi) is 8.47. The van der Waals surface area contributed by atoms with Gasteiger partial charge in [-0.3, -0.25) is 9.59 Å². The van der Waals surface area contributed by atoms with Gasteiger partial charge in [0.05, 0.1) is 42.0 Å². The SMILES string of the molecule is COc1ccccc1C1/C(=C(\O)c2cc(Cl)c(OC)c(Cl)c2)C(=O)C(=O)N1CCCOC(C)C. The molecule has 1 unspecified atom stereocenters. The molecule has 1 atom stereocenters. The van der Waals surface area contributed by atoms with Crippen LogP contribution in [-0.2, 0) is 14.3 Å². The Morgan fingerprint density at radius 3 is 2.32 bits per heavy atom. The Labute approximate surface area is 208 Å². The molecule has 2 aromatic rings. The highest BCUT2D eigenvalue weighted by Crippen LogP contribution is 2.44. The standard InChI is InChI=1S/C25H27Cl2NO6/c1-14(2)34-11-7-10-28-21(16-8-5-6-9-19(16)32-3)20(23(30)25(28)31)22(29)15-12-17(26)24(33-4)18(27)13-15/h5-6,8-9,12-14,21,29H,7,10-11H2,1-4H3/b22-20+. The van der Waals surface area contributed by atoms with Crippen molar-refractivity contribution in [1.82, 2.24) is 4.90 Å². The molecule has 34 heavy (non-hydrogen) atoms. The maximum atomic E-state index is 13.2. The van der Waals surface area contributed by atoms with Gasteiger partial charge in [-0.1, -0.05) is 41.4 Å². The zero-order valence-electron chi connectivity index (χ0n) is 19.4. The molecule has 1 fully saturated rings. The van der Waals surface area contributed by atoms with E-state index >= 15 is 0 Å². The second-order valence-electron chi connectivity index (χ2n) is 7.98. The van der Waals surface area contributed by atoms with Gasteiger partial charge < -0.3 is 24.2 Å². The summed E-state index contributed by atoms with van der Waals surface area (Å²) in [6, 6.07) is 9.06. The number of carbonyl (C=O) groups excluding carboxylic acids is 2. The summed E-state index contributed by atoms with van der Waals surface area (Å²) in [7, 11) is 2.92. The summed E-state index contributed by atoms with van der Waals surface area (Å²) in [6.45, 7) is 4.52. The van der Waals surface area contributed by atoms with Gasteiger partial charge in [0.2, 0.25) is 0 Å². The van der Waals surface area contributed by atoms with Crippen molar-refractivity contribution in [3.63, 3.8) is 0 Å². The van der Waals surface area contributed by atoms with Crippen LogP contribution < -0.4 is 9.47 Å². The molecule has 0 bridgehead atoms. The maximum absolute atomic E-state index is 13.2. The van der Waals surface area contributed by atoms with Crippen molar-refractivity contribution >= 4 is 40.7 Å². The van der Waals surface area contributed by atoms with Crippen molar-refractivity contribution < 1.29 is 28.9 Å². The fourth-order valence-electron chi connectivity index (χ4n) is 3.93. The molecule has 1 N–H and O–H groups in total. The largest absolute Gasteiger partial charge is 0.507 e. The number of likely N-dealkylation sites (tertiary alicyclic amines) is 1. The Hall–Kier alpha value is -2.74. The zero-order chi connectivity index (χ0) is 25.0. The Bertz CT molecular complexity index is 1090. The van der Waals surface area contributed by atoms with Crippen molar-refractivity contribution in [2.24, 2.45) is 0 Å². The number of nitrogens with zero attached hydrogens (tertiary/aromatic N) is 1. The lowest BCUT2D eigenvalue weighted by molar-refractivity contribution is -0.140. The number of aliphatic hydroxyl groups excluding tert-OH is 1. The van der Waals surface area contributed by atoms with Gasteiger partial charge in [-0.2, -0.15) is 0 Å². The van der Waals surface area contributed by atoms with Crippen LogP contribution in [0.3, 0.4) is 0 Å². The van der Waals surface area contributed by atoms with Gasteiger partial charge >= 0.3 is 0 Å². The molecule has 0 spiro atoms. The molecule has 9 heteroatoms. The third-order valence-corrected chi connectivity index (χ3v) is 6.01. The van der Waals surface area contributed by atoms with Gasteiger partial charge in [-0.05, 0) is 38.5 Å². The molecule has 0 aromatic heterocycles. The van der Waals surface area contributed by atoms with Crippen molar-refractivity contribution in [3.05, 3.63) is 63.1 Å². The summed E-state index contributed by atoms with van der Waals surface area (Å²) in [5.41, 5.74) is 0.689. The van der Waals surface area contributed by atoms with Crippen molar-refractivity contribution in [2.75, 3.05) is 27.4 Å². The molecule has 1 aliphatic heterocycles. The van der Waals surface area contributed by atoms with Crippen molar-refractivity contribution in [3.8, 4) is 11.5 Å². The topological polar surface area (TPSA) is 85.3 Å². The number of hydrogen-bond donors (Lipinski definition) is 1. The van der Waals surface area contributed by atoms with Gasteiger partial charge in [-0.25, -0.2) is 0 Å². The molecule has 0 aliphatic carbocycles. The van der Waals surface area contributed by atoms with Crippen LogP contribution >= 0.6 is 23.2 Å². The van der Waals surface area contributed by atoms with Gasteiger partial charge in [0, 0.05) is 24.3 Å². The van der Waals surface area contributed by atoms with Crippen LogP contribution in [0.15, 0.2) is 42.0 Å². The highest BCUT2D eigenvalue weighted by Gasteiger charge is 2.46. The first-order chi connectivity index (χ1) is 16.2. The van der Waals surface area contributed by atoms with E-state index in [9.17, 15) is 14.7 Å². The number of Topliss-reactive ketones (excluding diaryl/α,β-unsaturated/α-hetero) is 1. The smallest absolute Gasteiger partial charge is 0.295 e. The number of methoxy groups -OCH3 is 2. The average Bonchev–Trinajstić information content (AvgIpc) is 3.05. The number of amides is 1. The second-order valence-corrected chi connectivity index (χ2v) is 8.80. The van der Waals surface area contributed by atoms with Crippen LogP contribution in [0.2, 0.25) is 10.0 Å². The van der Waals surface area contributed by atoms with E-state index < -0.39 is 17.7 Å². The number of aliphatic hydroxyl groups is 1. The van der Waals surface area contributed by atoms with E-state index in [1.807, 2.05) is 13.8 Å². The minimum Gasteiger partial charge on any atom is -0.507 e. The summed E-state index contributed by atoms with van der Waals surface area (Å²) in [4.78, 5) is 27.7. The highest BCUT2D eigenvalue weighted by atomic mass is 35.5. The average molecular weight is 508 g/mol. The van der Waals surface area contributed by atoms with Gasteiger partial charge in [0.25, 0.3) is 11.7 Å². The third kappa shape index (κ3) is 5.17. The highest BCUT2D eigenvalue weighted by molar-refractivity contribution is 6.46. The molecule has 2 aromatic carbocycles. The van der Waals surface area contributed by atoms with E-state index in [0.29, 0.717) is 24.3 Å². The number of halogens is 2. The second kappa shape index (κ2) is 11.1. The number of hydrogen-bond acceptors (Lipinski definition) is 6. The lowest BCUT2D eigenvalue weighted by Crippen LogP contribution is -2.31. The van der Waals surface area contributed by atoms with Gasteiger partial charge in [-0.15, -0.1) is 0 Å². The van der Waals surface area contributed by atoms with Crippen LogP contribution in [0, 0.1) is 0 Å². The minimum absolute atomic E-state index is 0.0463.